The van der Waals surface area contributed by atoms with Gasteiger partial charge in [-0.2, -0.15) is 5.26 Å². The molecule has 1 aromatic rings. The first-order valence-electron chi connectivity index (χ1n) is 4.91. The Bertz CT molecular complexity index is 358. The highest BCUT2D eigenvalue weighted by molar-refractivity contribution is 5.09. The molecule has 1 heterocycles. The van der Waals surface area contributed by atoms with E-state index in [4.69, 9.17) is 10.4 Å². The summed E-state index contributed by atoms with van der Waals surface area (Å²) >= 11 is 0. The fraction of sp³-hybridized carbons (Fsp3) is 0.545. The number of nitrogens with zero attached hydrogens (tertiary/aromatic N) is 2. The number of aromatic nitrogens is 1. The van der Waals surface area contributed by atoms with Crippen LogP contribution in [0.3, 0.4) is 0 Å². The van der Waals surface area contributed by atoms with Gasteiger partial charge in [-0.15, -0.1) is 0 Å². The van der Waals surface area contributed by atoms with Gasteiger partial charge in [0.25, 0.3) is 0 Å². The van der Waals surface area contributed by atoms with Gasteiger partial charge in [0.05, 0.1) is 12.7 Å². The third kappa shape index (κ3) is 1.66. The van der Waals surface area contributed by atoms with Gasteiger partial charge >= 0.3 is 0 Å². The van der Waals surface area contributed by atoms with E-state index in [1.54, 1.807) is 0 Å². The average Bonchev–Trinajstić information content (AvgIpc) is 2.79. The second-order valence-corrected chi connectivity index (χ2v) is 4.12. The van der Waals surface area contributed by atoms with Crippen molar-refractivity contribution in [3.8, 4) is 6.07 Å². The molecular formula is C11H14N2O. The summed E-state index contributed by atoms with van der Waals surface area (Å²) in [5.41, 5.74) is 1.15. The first kappa shape index (κ1) is 9.29. The standard InChI is InChI=1S/C11H14N2O/c12-6-5-11(3-4-11)9-13-7-1-2-10(13)8-14/h1-2,7,14H,3-5,8-9H2. The second kappa shape index (κ2) is 3.47. The number of hydrogen-bond acceptors (Lipinski definition) is 2. The minimum absolute atomic E-state index is 0.0790. The van der Waals surface area contributed by atoms with Crippen LogP contribution in [0.25, 0.3) is 0 Å². The van der Waals surface area contributed by atoms with Crippen LogP contribution >= 0.6 is 0 Å². The predicted octanol–water partition coefficient (Wildman–Crippen LogP) is 1.67. The van der Waals surface area contributed by atoms with Crippen molar-refractivity contribution >= 4 is 0 Å². The molecule has 2 rings (SSSR count). The Morgan fingerprint density at radius 2 is 2.36 bits per heavy atom. The molecule has 0 saturated heterocycles. The van der Waals surface area contributed by atoms with Gasteiger partial charge in [-0.3, -0.25) is 0 Å². The van der Waals surface area contributed by atoms with E-state index in [1.807, 2.05) is 18.3 Å². The van der Waals surface area contributed by atoms with Gasteiger partial charge in [0.15, 0.2) is 0 Å². The van der Waals surface area contributed by atoms with Crippen molar-refractivity contribution in [3.63, 3.8) is 0 Å². The van der Waals surface area contributed by atoms with E-state index >= 15 is 0 Å². The van der Waals surface area contributed by atoms with Gasteiger partial charge in [0, 0.05) is 30.3 Å². The van der Waals surface area contributed by atoms with E-state index in [0.717, 1.165) is 25.1 Å². The highest BCUT2D eigenvalue weighted by Crippen LogP contribution is 2.50. The van der Waals surface area contributed by atoms with Crippen LogP contribution in [0.1, 0.15) is 25.0 Å². The lowest BCUT2D eigenvalue weighted by atomic mass is 10.0. The number of nitriles is 1. The van der Waals surface area contributed by atoms with Crippen molar-refractivity contribution in [2.24, 2.45) is 5.41 Å². The molecule has 74 valence electrons. The van der Waals surface area contributed by atoms with E-state index in [2.05, 4.69) is 10.6 Å². The molecule has 0 aromatic carbocycles. The van der Waals surface area contributed by atoms with Crippen LogP contribution in [0.5, 0.6) is 0 Å². The Labute approximate surface area is 83.6 Å². The molecule has 0 atom stereocenters. The van der Waals surface area contributed by atoms with Crippen LogP contribution in [-0.2, 0) is 13.2 Å². The molecule has 1 aliphatic rings. The molecule has 0 aliphatic heterocycles. The van der Waals surface area contributed by atoms with Crippen molar-refractivity contribution in [2.75, 3.05) is 0 Å². The summed E-state index contributed by atoms with van der Waals surface area (Å²) in [6.45, 7) is 0.957. The van der Waals surface area contributed by atoms with E-state index in [0.29, 0.717) is 6.42 Å². The molecule has 0 spiro atoms. The molecule has 3 nitrogen and oxygen atoms in total. The van der Waals surface area contributed by atoms with Crippen LogP contribution in [-0.4, -0.2) is 9.67 Å². The van der Waals surface area contributed by atoms with Crippen molar-refractivity contribution in [2.45, 2.75) is 32.4 Å². The zero-order chi connectivity index (χ0) is 10.0. The van der Waals surface area contributed by atoms with Crippen molar-refractivity contribution in [3.05, 3.63) is 24.0 Å². The summed E-state index contributed by atoms with van der Waals surface area (Å²) in [7, 11) is 0. The molecule has 1 aliphatic carbocycles. The van der Waals surface area contributed by atoms with E-state index in [1.165, 1.54) is 0 Å². The Hall–Kier alpha value is -1.27. The first-order chi connectivity index (χ1) is 6.79. The lowest BCUT2D eigenvalue weighted by Gasteiger charge is -2.14. The quantitative estimate of drug-likeness (QED) is 0.785. The maximum Gasteiger partial charge on any atom is 0.0832 e. The monoisotopic (exact) mass is 190 g/mol. The largest absolute Gasteiger partial charge is 0.390 e. The highest BCUT2D eigenvalue weighted by Gasteiger charge is 2.42. The maximum absolute atomic E-state index is 9.07. The Morgan fingerprint density at radius 1 is 1.57 bits per heavy atom. The Kier molecular flexibility index (Phi) is 2.30. The number of hydrogen-bond donors (Lipinski definition) is 1. The minimum Gasteiger partial charge on any atom is -0.390 e. The van der Waals surface area contributed by atoms with Crippen LogP contribution in [0, 0.1) is 16.7 Å². The van der Waals surface area contributed by atoms with Gasteiger partial charge < -0.3 is 9.67 Å². The fourth-order valence-corrected chi connectivity index (χ4v) is 1.84. The van der Waals surface area contributed by atoms with Gasteiger partial charge in [0.1, 0.15) is 0 Å². The molecule has 14 heavy (non-hydrogen) atoms. The third-order valence-corrected chi connectivity index (χ3v) is 3.00. The lowest BCUT2D eigenvalue weighted by molar-refractivity contribution is 0.265. The van der Waals surface area contributed by atoms with Gasteiger partial charge in [-0.05, 0) is 25.0 Å². The molecule has 0 unspecified atom stereocenters. The fourth-order valence-electron chi connectivity index (χ4n) is 1.84. The summed E-state index contributed by atoms with van der Waals surface area (Å²) in [6, 6.07) is 6.10. The summed E-state index contributed by atoms with van der Waals surface area (Å²) in [5, 5.41) is 17.8. The average molecular weight is 190 g/mol. The SMILES string of the molecule is N#CCC1(Cn2cccc2CO)CC1. The summed E-state index contributed by atoms with van der Waals surface area (Å²) < 4.78 is 2.06. The van der Waals surface area contributed by atoms with E-state index < -0.39 is 0 Å². The zero-order valence-electron chi connectivity index (χ0n) is 8.11. The normalized spacial score (nSPS) is 17.7. The highest BCUT2D eigenvalue weighted by atomic mass is 16.3. The number of aliphatic hydroxyl groups is 1. The molecule has 1 N–H and O–H groups in total. The zero-order valence-corrected chi connectivity index (χ0v) is 8.11. The number of rotatable bonds is 4. The smallest absolute Gasteiger partial charge is 0.0832 e. The van der Waals surface area contributed by atoms with Gasteiger partial charge in [0.2, 0.25) is 0 Å². The van der Waals surface area contributed by atoms with E-state index in [9.17, 15) is 0 Å². The second-order valence-electron chi connectivity index (χ2n) is 4.12. The van der Waals surface area contributed by atoms with Crippen molar-refractivity contribution in [1.82, 2.24) is 4.57 Å². The lowest BCUT2D eigenvalue weighted by Crippen LogP contribution is -2.12. The van der Waals surface area contributed by atoms with Gasteiger partial charge in [-0.25, -0.2) is 0 Å². The maximum atomic E-state index is 9.07. The van der Waals surface area contributed by atoms with Crippen LogP contribution in [0.15, 0.2) is 18.3 Å². The minimum atomic E-state index is 0.0790. The Balaban J connectivity index is 2.08. The first-order valence-corrected chi connectivity index (χ1v) is 4.91. The Morgan fingerprint density at radius 3 is 2.93 bits per heavy atom. The summed E-state index contributed by atoms with van der Waals surface area (Å²) in [6.07, 6.45) is 4.90. The molecular weight excluding hydrogens is 176 g/mol. The molecule has 1 fully saturated rings. The van der Waals surface area contributed by atoms with Crippen molar-refractivity contribution in [1.29, 1.82) is 5.26 Å². The molecule has 0 amide bonds. The molecule has 1 aromatic heterocycles. The molecule has 3 heteroatoms. The number of aliphatic hydroxyl groups excluding tert-OH is 1. The summed E-state index contributed by atoms with van der Waals surface area (Å²) in [4.78, 5) is 0. The van der Waals surface area contributed by atoms with Crippen LogP contribution in [0.4, 0.5) is 0 Å². The summed E-state index contributed by atoms with van der Waals surface area (Å²) in [5.74, 6) is 0. The van der Waals surface area contributed by atoms with Crippen molar-refractivity contribution < 1.29 is 5.11 Å². The van der Waals surface area contributed by atoms with Crippen LogP contribution < -0.4 is 0 Å². The molecule has 0 bridgehead atoms. The predicted molar refractivity (Wildman–Crippen MR) is 52.3 cm³/mol. The van der Waals surface area contributed by atoms with Crippen LogP contribution in [0.2, 0.25) is 0 Å². The van der Waals surface area contributed by atoms with Gasteiger partial charge in [-0.1, -0.05) is 0 Å². The topological polar surface area (TPSA) is 49.0 Å². The third-order valence-electron chi connectivity index (χ3n) is 3.00. The molecule has 1 saturated carbocycles. The van der Waals surface area contributed by atoms with E-state index in [-0.39, 0.29) is 12.0 Å². The molecule has 0 radical (unpaired) electrons.